The molecule has 0 saturated carbocycles. The van der Waals surface area contributed by atoms with Crippen LogP contribution < -0.4 is 15.0 Å². The Kier molecular flexibility index (Phi) is 5.79. The number of carbonyl (C=O) groups is 1. The number of H-pyrrole nitrogens is 1. The summed E-state index contributed by atoms with van der Waals surface area (Å²) in [7, 11) is 2.04. The van der Waals surface area contributed by atoms with Crippen molar-refractivity contribution in [2.75, 3.05) is 19.7 Å². The van der Waals surface area contributed by atoms with Gasteiger partial charge in [-0.1, -0.05) is 0 Å². The van der Waals surface area contributed by atoms with Crippen molar-refractivity contribution in [1.82, 2.24) is 14.5 Å². The lowest BCUT2D eigenvalue weighted by Gasteiger charge is -2.15. The van der Waals surface area contributed by atoms with Gasteiger partial charge in [-0.15, -0.1) is 12.4 Å². The molecular weight excluding hydrogens is 438 g/mol. The highest BCUT2D eigenvalue weighted by atomic mass is 35.5. The van der Waals surface area contributed by atoms with Crippen molar-refractivity contribution >= 4 is 29.5 Å². The van der Waals surface area contributed by atoms with Gasteiger partial charge in [-0.2, -0.15) is 0 Å². The van der Waals surface area contributed by atoms with E-state index in [1.165, 1.54) is 18.5 Å². The van der Waals surface area contributed by atoms with Crippen LogP contribution in [0.5, 0.6) is 17.2 Å². The molecule has 1 saturated heterocycles. The molecule has 9 nitrogen and oxygen atoms in total. The molecule has 2 aromatic heterocycles. The van der Waals surface area contributed by atoms with Crippen LogP contribution in [0, 0.1) is 0 Å². The Morgan fingerprint density at radius 2 is 2.00 bits per heavy atom. The highest BCUT2D eigenvalue weighted by Crippen LogP contribution is 2.42. The van der Waals surface area contributed by atoms with E-state index >= 15 is 0 Å². The molecule has 0 amide bonds. The van der Waals surface area contributed by atoms with Crippen LogP contribution in [0.3, 0.4) is 0 Å². The van der Waals surface area contributed by atoms with Crippen molar-refractivity contribution in [3.63, 3.8) is 0 Å². The molecule has 2 aliphatic heterocycles. The van der Waals surface area contributed by atoms with E-state index in [-0.39, 0.29) is 19.0 Å². The van der Waals surface area contributed by atoms with Crippen molar-refractivity contribution in [2.45, 2.75) is 25.8 Å². The summed E-state index contributed by atoms with van der Waals surface area (Å²) in [6.07, 6.45) is 1.09. The molecule has 2 aliphatic rings. The molecule has 3 N–H and O–H groups in total. The maximum absolute atomic E-state index is 12.4. The van der Waals surface area contributed by atoms with E-state index in [2.05, 4.69) is 25.3 Å². The predicted octanol–water partition coefficient (Wildman–Crippen LogP) is 3.25. The molecule has 0 atom stereocenters. The number of pyridine rings is 1. The molecule has 3 aromatic rings. The minimum atomic E-state index is -1.66. The van der Waals surface area contributed by atoms with Gasteiger partial charge in [0.2, 0.25) is 5.75 Å². The number of ether oxygens (including phenoxy) is 2. The van der Waals surface area contributed by atoms with E-state index in [1.807, 2.05) is 19.2 Å². The average Bonchev–Trinajstić information content (AvgIpc) is 3.30. The van der Waals surface area contributed by atoms with Gasteiger partial charge in [-0.25, -0.2) is 4.79 Å². The van der Waals surface area contributed by atoms with E-state index in [9.17, 15) is 14.7 Å². The maximum atomic E-state index is 12.4. The summed E-state index contributed by atoms with van der Waals surface area (Å²) in [4.78, 5) is 28.4. The molecule has 1 fully saturated rings. The summed E-state index contributed by atoms with van der Waals surface area (Å²) in [6.45, 7) is 3.36. The van der Waals surface area contributed by atoms with Crippen LogP contribution in [-0.2, 0) is 20.0 Å². The van der Waals surface area contributed by atoms with Crippen molar-refractivity contribution in [3.05, 3.63) is 39.8 Å². The molecule has 0 unspecified atom stereocenters. The zero-order chi connectivity index (χ0) is 21.7. The number of rotatable bonds is 3. The zero-order valence-corrected chi connectivity index (χ0v) is 18.3. The first-order valence-corrected chi connectivity index (χ1v) is 10.3. The SMILES string of the molecule is Cl.Cn1c(CN2CCCC2)cc2cc3c(cc21)OCCc1c-3[nH]c(=O)c(OC(=O)O)c1O. The third kappa shape index (κ3) is 3.67. The number of aromatic hydroxyl groups is 1. The van der Waals surface area contributed by atoms with E-state index in [4.69, 9.17) is 9.84 Å². The third-order valence-corrected chi connectivity index (χ3v) is 6.14. The molecule has 1 aromatic carbocycles. The summed E-state index contributed by atoms with van der Waals surface area (Å²) >= 11 is 0. The fourth-order valence-corrected chi connectivity index (χ4v) is 4.59. The second-order valence-corrected chi connectivity index (χ2v) is 8.04. The lowest BCUT2D eigenvalue weighted by Crippen LogP contribution is -2.19. The smallest absolute Gasteiger partial charge is 0.504 e. The van der Waals surface area contributed by atoms with Crippen LogP contribution in [0.2, 0.25) is 0 Å². The standard InChI is InChI=1S/C22H23N3O6.ClH/c1-24-13(11-25-5-2-3-6-25)8-12-9-15-17(10-16(12)24)30-7-4-14-18(15)23-21(27)20(19(14)26)31-22(28)29;/h8-10H,2-7,11H2,1H3,(H,28,29)(H2,23,26,27);1H. The monoisotopic (exact) mass is 461 g/mol. The minimum absolute atomic E-state index is 0. The van der Waals surface area contributed by atoms with Gasteiger partial charge >= 0.3 is 6.16 Å². The number of hydrogen-bond donors (Lipinski definition) is 3. The molecule has 4 heterocycles. The Morgan fingerprint density at radius 1 is 1.25 bits per heavy atom. The molecule has 0 aliphatic carbocycles. The third-order valence-electron chi connectivity index (χ3n) is 6.14. The number of halogens is 1. The van der Waals surface area contributed by atoms with Crippen LogP contribution in [0.1, 0.15) is 24.1 Å². The second-order valence-electron chi connectivity index (χ2n) is 8.04. The van der Waals surface area contributed by atoms with Gasteiger partial charge in [0.1, 0.15) is 5.75 Å². The van der Waals surface area contributed by atoms with Crippen LogP contribution >= 0.6 is 12.4 Å². The number of nitrogens with zero attached hydrogens (tertiary/aromatic N) is 2. The topological polar surface area (TPSA) is 117 Å². The fraction of sp³-hybridized carbons (Fsp3) is 0.364. The zero-order valence-electron chi connectivity index (χ0n) is 17.5. The summed E-state index contributed by atoms with van der Waals surface area (Å²) in [6, 6.07) is 6.03. The second kappa shape index (κ2) is 8.40. The van der Waals surface area contributed by atoms with E-state index < -0.39 is 23.2 Å². The molecule has 0 bridgehead atoms. The fourth-order valence-electron chi connectivity index (χ4n) is 4.59. The Labute approximate surface area is 189 Å². The number of hydrogen-bond acceptors (Lipinski definition) is 6. The normalized spacial score (nSPS) is 15.4. The largest absolute Gasteiger partial charge is 0.511 e. The quantitative estimate of drug-likeness (QED) is 0.512. The first-order chi connectivity index (χ1) is 14.9. The van der Waals surface area contributed by atoms with E-state index in [0.717, 1.165) is 30.5 Å². The van der Waals surface area contributed by atoms with Gasteiger partial charge < -0.3 is 29.2 Å². The number of likely N-dealkylation sites (tertiary alicyclic amines) is 1. The van der Waals surface area contributed by atoms with Gasteiger partial charge in [0.05, 0.1) is 17.8 Å². The van der Waals surface area contributed by atoms with Gasteiger partial charge in [0, 0.05) is 48.3 Å². The number of aryl methyl sites for hydroxylation is 1. The van der Waals surface area contributed by atoms with Crippen molar-refractivity contribution < 1.29 is 24.5 Å². The lowest BCUT2D eigenvalue weighted by atomic mass is 10.0. The Morgan fingerprint density at radius 3 is 2.72 bits per heavy atom. The highest BCUT2D eigenvalue weighted by Gasteiger charge is 2.26. The maximum Gasteiger partial charge on any atom is 0.511 e. The number of nitrogens with one attached hydrogen (secondary N) is 1. The van der Waals surface area contributed by atoms with Crippen molar-refractivity contribution in [3.8, 4) is 28.5 Å². The number of fused-ring (bicyclic) bond motifs is 4. The Hall–Kier alpha value is -3.17. The van der Waals surface area contributed by atoms with E-state index in [1.54, 1.807) is 0 Å². The number of aromatic amines is 1. The van der Waals surface area contributed by atoms with Gasteiger partial charge in [-0.05, 0) is 38.1 Å². The van der Waals surface area contributed by atoms with Gasteiger partial charge in [-0.3, -0.25) is 9.69 Å². The molecule has 0 spiro atoms. The molecule has 5 rings (SSSR count). The van der Waals surface area contributed by atoms with Crippen molar-refractivity contribution in [2.24, 2.45) is 7.05 Å². The van der Waals surface area contributed by atoms with Gasteiger partial charge in [0.25, 0.3) is 5.56 Å². The Bertz CT molecular complexity index is 1260. The minimum Gasteiger partial charge on any atom is -0.504 e. The van der Waals surface area contributed by atoms with Crippen LogP contribution in [0.15, 0.2) is 23.0 Å². The van der Waals surface area contributed by atoms with Crippen LogP contribution in [-0.4, -0.2) is 50.5 Å². The Balaban J connectivity index is 0.00000245. The first kappa shape index (κ1) is 22.0. The molecule has 10 heteroatoms. The molecule has 170 valence electrons. The van der Waals surface area contributed by atoms with Crippen LogP contribution in [0.4, 0.5) is 4.79 Å². The van der Waals surface area contributed by atoms with Crippen molar-refractivity contribution in [1.29, 1.82) is 0 Å². The molecular formula is C22H24ClN3O6. The number of benzene rings is 1. The van der Waals surface area contributed by atoms with Gasteiger partial charge in [0.15, 0.2) is 5.75 Å². The summed E-state index contributed by atoms with van der Waals surface area (Å²) in [5.41, 5.74) is 2.86. The highest BCUT2D eigenvalue weighted by molar-refractivity contribution is 5.90. The predicted molar refractivity (Wildman–Crippen MR) is 120 cm³/mol. The summed E-state index contributed by atoms with van der Waals surface area (Å²) in [5.74, 6) is -0.494. The number of aromatic nitrogens is 2. The lowest BCUT2D eigenvalue weighted by molar-refractivity contribution is 0.142. The first-order valence-electron chi connectivity index (χ1n) is 10.3. The summed E-state index contributed by atoms with van der Waals surface area (Å²) in [5, 5.41) is 20.4. The van der Waals surface area contributed by atoms with E-state index in [0.29, 0.717) is 29.0 Å². The number of carboxylic acid groups (broad SMARTS) is 1. The van der Waals surface area contributed by atoms with Crippen LogP contribution in [0.25, 0.3) is 22.2 Å². The average molecular weight is 462 g/mol. The molecule has 0 radical (unpaired) electrons. The molecule has 32 heavy (non-hydrogen) atoms. The summed E-state index contributed by atoms with van der Waals surface area (Å²) < 4.78 is 12.6.